The number of ether oxygens (including phenoxy) is 3. The predicted molar refractivity (Wildman–Crippen MR) is 147 cm³/mol. The maximum atomic E-state index is 14.6. The van der Waals surface area contributed by atoms with Crippen molar-refractivity contribution in [2.75, 3.05) is 12.3 Å². The second kappa shape index (κ2) is 14.1. The van der Waals surface area contributed by atoms with Gasteiger partial charge in [-0.15, -0.1) is 0 Å². The molecular formula is C22H35ClF2N5O9PS. The molecule has 1 aromatic heterocycles. The van der Waals surface area contributed by atoms with E-state index in [9.17, 15) is 33.4 Å². The van der Waals surface area contributed by atoms with Gasteiger partial charge >= 0.3 is 17.6 Å². The van der Waals surface area contributed by atoms with Crippen LogP contribution in [0.3, 0.4) is 0 Å². The number of nitrogens with zero attached hydrogens (tertiary/aromatic N) is 2. The molecule has 14 nitrogen and oxygen atoms in total. The van der Waals surface area contributed by atoms with Gasteiger partial charge in [0.05, 0.1) is 23.8 Å². The highest BCUT2D eigenvalue weighted by atomic mass is 35.5. The summed E-state index contributed by atoms with van der Waals surface area (Å²) in [5.74, 6) is -1.85. The zero-order valence-electron chi connectivity index (χ0n) is 23.1. The zero-order valence-corrected chi connectivity index (χ0v) is 25.6. The van der Waals surface area contributed by atoms with Crippen molar-refractivity contribution in [1.82, 2.24) is 19.7 Å². The molecule has 0 bridgehead atoms. The van der Waals surface area contributed by atoms with E-state index in [-0.39, 0.29) is 10.8 Å². The first-order chi connectivity index (χ1) is 18.8. The van der Waals surface area contributed by atoms with Gasteiger partial charge in [-0.1, -0.05) is 11.6 Å². The van der Waals surface area contributed by atoms with Gasteiger partial charge in [-0.25, -0.2) is 23.7 Å². The van der Waals surface area contributed by atoms with Gasteiger partial charge < -0.3 is 34.7 Å². The van der Waals surface area contributed by atoms with Gasteiger partial charge in [0.2, 0.25) is 0 Å². The summed E-state index contributed by atoms with van der Waals surface area (Å²) >= 11 is 11.4. The lowest BCUT2D eigenvalue weighted by atomic mass is 9.96. The van der Waals surface area contributed by atoms with E-state index in [1.807, 2.05) is 0 Å². The van der Waals surface area contributed by atoms with Crippen LogP contribution in [0.25, 0.3) is 0 Å². The van der Waals surface area contributed by atoms with E-state index < -0.39 is 85.6 Å². The molecule has 6 atom stereocenters. The Bertz CT molecular complexity index is 1180. The quantitative estimate of drug-likeness (QED) is 0.149. The summed E-state index contributed by atoms with van der Waals surface area (Å²) in [6.45, 7) is 4.22. The van der Waals surface area contributed by atoms with E-state index in [2.05, 4.69) is 15.2 Å². The molecule has 2 heterocycles. The van der Waals surface area contributed by atoms with Crippen molar-refractivity contribution in [2.24, 2.45) is 0 Å². The highest BCUT2D eigenvalue weighted by Crippen LogP contribution is 2.46. The van der Waals surface area contributed by atoms with Crippen LogP contribution >= 0.6 is 18.2 Å². The molecule has 0 aromatic carbocycles. The normalized spacial score (nSPS) is 25.8. The number of anilines is 1. The number of carbonyl (C=O) groups excluding carboxylic acids is 2. The molecule has 1 aliphatic heterocycles. The average Bonchev–Trinajstić information content (AvgIpc) is 3.10. The third kappa shape index (κ3) is 8.61. The molecule has 2 unspecified atom stereocenters. The molecule has 1 saturated heterocycles. The van der Waals surface area contributed by atoms with Gasteiger partial charge in [-0.05, 0) is 53.3 Å². The Balaban J connectivity index is 2.41. The smallest absolute Gasteiger partial charge is 0.351 e. The number of nitrogens with two attached hydrogens (primary N) is 1. The van der Waals surface area contributed by atoms with Gasteiger partial charge in [0, 0.05) is 6.20 Å². The van der Waals surface area contributed by atoms with Crippen molar-refractivity contribution in [1.29, 1.82) is 0 Å². The lowest BCUT2D eigenvalue weighted by molar-refractivity contribution is -0.191. The first kappa shape index (κ1) is 35.4. The number of halogens is 3. The number of aliphatic hydroxyl groups excluding tert-OH is 2. The number of hydrogen-bond donors (Lipinski definition) is 5. The summed E-state index contributed by atoms with van der Waals surface area (Å²) in [7, 11) is 0. The molecule has 6 N–H and O–H groups in total. The Hall–Kier alpha value is -1.82. The lowest BCUT2D eigenvalue weighted by Crippen LogP contribution is -2.53. The highest BCUT2D eigenvalue weighted by molar-refractivity contribution is 8.10. The van der Waals surface area contributed by atoms with E-state index in [1.165, 1.54) is 13.8 Å². The van der Waals surface area contributed by atoms with Crippen LogP contribution in [0, 0.1) is 0 Å². The van der Waals surface area contributed by atoms with E-state index in [0.717, 1.165) is 6.20 Å². The Morgan fingerprint density at radius 2 is 1.66 bits per heavy atom. The molecule has 19 heteroatoms. The topological polar surface area (TPSA) is 196 Å². The summed E-state index contributed by atoms with van der Waals surface area (Å²) < 4.78 is 51.0. The van der Waals surface area contributed by atoms with Gasteiger partial charge in [0.15, 0.2) is 18.4 Å². The first-order valence-electron chi connectivity index (χ1n) is 12.4. The molecule has 0 amide bonds. The van der Waals surface area contributed by atoms with Crippen molar-refractivity contribution in [3.8, 4) is 0 Å². The molecule has 0 saturated carbocycles. The minimum Gasteiger partial charge on any atom is -0.462 e. The minimum absolute atomic E-state index is 0.242. The van der Waals surface area contributed by atoms with Crippen LogP contribution in [0.5, 0.6) is 0 Å². The monoisotopic (exact) mass is 649 g/mol. The van der Waals surface area contributed by atoms with Crippen LogP contribution in [0.15, 0.2) is 11.0 Å². The summed E-state index contributed by atoms with van der Waals surface area (Å²) in [6, 6.07) is -2.28. The van der Waals surface area contributed by atoms with E-state index >= 15 is 0 Å². The summed E-state index contributed by atoms with van der Waals surface area (Å²) in [4.78, 5) is 40.7. The van der Waals surface area contributed by atoms with E-state index in [1.54, 1.807) is 27.7 Å². The SMILES string of the molecule is CC(C)OC(=O)C(C)NP(=S)(NC(C)C(=O)OC(C)C)OC[C@@]1(C(F)F)O[C@@H](n2cc(Cl)c(N)nc2=O)[C@H](O)[C@@H]1O. The predicted octanol–water partition coefficient (Wildman–Crippen LogP) is 0.834. The molecule has 1 aromatic rings. The Morgan fingerprint density at radius 1 is 1.17 bits per heavy atom. The number of aromatic nitrogens is 2. The molecule has 1 fully saturated rings. The largest absolute Gasteiger partial charge is 0.462 e. The summed E-state index contributed by atoms with van der Waals surface area (Å²) in [6.07, 6.45) is -9.83. The maximum absolute atomic E-state index is 14.6. The number of rotatable bonds is 13. The molecule has 0 spiro atoms. The number of hydrogen-bond acceptors (Lipinski definition) is 12. The number of esters is 2. The second-order valence-corrected chi connectivity index (χ2v) is 13.7. The maximum Gasteiger partial charge on any atom is 0.351 e. The fraction of sp³-hybridized carbons (Fsp3) is 0.727. The molecule has 2 rings (SSSR count). The van der Waals surface area contributed by atoms with Crippen LogP contribution in [0.4, 0.5) is 14.6 Å². The fourth-order valence-corrected chi connectivity index (χ4v) is 6.71. The van der Waals surface area contributed by atoms with E-state index in [0.29, 0.717) is 4.57 Å². The van der Waals surface area contributed by atoms with Crippen molar-refractivity contribution >= 4 is 47.7 Å². The van der Waals surface area contributed by atoms with Crippen molar-refractivity contribution in [3.63, 3.8) is 0 Å². The minimum atomic E-state index is -3.82. The zero-order chi connectivity index (χ0) is 31.4. The molecule has 234 valence electrons. The number of carbonyl (C=O) groups is 2. The van der Waals surface area contributed by atoms with Gasteiger partial charge in [0.25, 0.3) is 6.43 Å². The van der Waals surface area contributed by atoms with Gasteiger partial charge in [-0.2, -0.15) is 4.98 Å². The number of nitrogens with one attached hydrogen (secondary N) is 2. The number of alkyl halides is 2. The fourth-order valence-electron chi connectivity index (χ4n) is 3.62. The first-order valence-corrected chi connectivity index (χ1v) is 15.5. The van der Waals surface area contributed by atoms with E-state index in [4.69, 9.17) is 47.9 Å². The summed E-state index contributed by atoms with van der Waals surface area (Å²) in [5.41, 5.74) is 1.45. The molecule has 0 aliphatic carbocycles. The third-order valence-corrected chi connectivity index (χ3v) is 8.83. The van der Waals surface area contributed by atoms with Gasteiger partial charge in [-0.3, -0.25) is 14.2 Å². The van der Waals surface area contributed by atoms with Crippen LogP contribution in [0.2, 0.25) is 5.02 Å². The standard InChI is InChI=1S/C22H35ClF2N5O9PS/c1-9(2)37-18(33)11(5)28-40(41,29-12(6)19(34)38-10(3)4)36-8-22(20(24)25)15(32)14(31)17(39-22)30-7-13(23)16(26)27-21(30)35/h7,9-12,14-15,17,20,31-32H,8H2,1-6H3,(H2,26,27,35)(H2,28,29,41)/t11?,12?,14-,15+,17-,22-,40?/m1/s1. The van der Waals surface area contributed by atoms with Crippen LogP contribution in [-0.2, 0) is 40.1 Å². The van der Waals surface area contributed by atoms with Crippen LogP contribution < -0.4 is 21.6 Å². The lowest BCUT2D eigenvalue weighted by Gasteiger charge is -2.35. The second-order valence-electron chi connectivity index (χ2n) is 9.86. The van der Waals surface area contributed by atoms with Crippen LogP contribution in [-0.4, -0.2) is 86.8 Å². The Labute approximate surface area is 245 Å². The number of aliphatic hydroxyl groups is 2. The Kier molecular flexibility index (Phi) is 12.2. The van der Waals surface area contributed by atoms with Crippen molar-refractivity contribution in [3.05, 3.63) is 21.7 Å². The Morgan fingerprint density at radius 3 is 2.10 bits per heavy atom. The molecule has 41 heavy (non-hydrogen) atoms. The average molecular weight is 650 g/mol. The third-order valence-electron chi connectivity index (χ3n) is 5.64. The summed E-state index contributed by atoms with van der Waals surface area (Å²) in [5, 5.41) is 26.5. The molecule has 1 aliphatic rings. The van der Waals surface area contributed by atoms with Gasteiger partial charge in [0.1, 0.15) is 30.1 Å². The highest BCUT2D eigenvalue weighted by Gasteiger charge is 2.61. The van der Waals surface area contributed by atoms with Crippen LogP contribution in [0.1, 0.15) is 47.8 Å². The van der Waals surface area contributed by atoms with Crippen molar-refractivity contribution in [2.45, 2.75) is 96.3 Å². The van der Waals surface area contributed by atoms with Crippen molar-refractivity contribution < 1.29 is 47.3 Å². The molecule has 0 radical (unpaired) electrons. The molecular weight excluding hydrogens is 615 g/mol. The number of nitrogen functional groups attached to an aromatic ring is 1.